The van der Waals surface area contributed by atoms with Crippen molar-refractivity contribution in [1.29, 1.82) is 0 Å². The molecule has 0 aliphatic carbocycles. The van der Waals surface area contributed by atoms with Crippen LogP contribution in [0.3, 0.4) is 0 Å². The number of nitrogen functional groups attached to an aromatic ring is 2. The van der Waals surface area contributed by atoms with Crippen LogP contribution in [0.4, 0.5) is 11.4 Å². The van der Waals surface area contributed by atoms with Crippen LogP contribution in [0.15, 0.2) is 36.4 Å². The van der Waals surface area contributed by atoms with Gasteiger partial charge < -0.3 is 11.5 Å². The van der Waals surface area contributed by atoms with Gasteiger partial charge in [0.1, 0.15) is 0 Å². The molecule has 0 fully saturated rings. The van der Waals surface area contributed by atoms with Crippen LogP contribution >= 0.6 is 0 Å². The summed E-state index contributed by atoms with van der Waals surface area (Å²) in [6.45, 7) is 4.16. The van der Waals surface area contributed by atoms with Crippen LogP contribution in [-0.4, -0.2) is 0 Å². The van der Waals surface area contributed by atoms with Gasteiger partial charge in [-0.2, -0.15) is 0 Å². The molecule has 0 heterocycles. The van der Waals surface area contributed by atoms with Crippen molar-refractivity contribution in [1.82, 2.24) is 0 Å². The van der Waals surface area contributed by atoms with Crippen LogP contribution in [-0.2, 0) is 0 Å². The molecule has 0 spiro atoms. The smallest absolute Gasteiger partial charge is 0.0319 e. The van der Waals surface area contributed by atoms with Gasteiger partial charge in [0.25, 0.3) is 0 Å². The molecule has 2 nitrogen and oxygen atoms in total. The van der Waals surface area contributed by atoms with E-state index in [1.165, 1.54) is 22.3 Å². The molecule has 0 aliphatic heterocycles. The van der Waals surface area contributed by atoms with Crippen LogP contribution in [0, 0.1) is 13.8 Å². The van der Waals surface area contributed by atoms with E-state index in [1.807, 2.05) is 36.4 Å². The van der Waals surface area contributed by atoms with Gasteiger partial charge in [0.15, 0.2) is 0 Å². The Kier molecular flexibility index (Phi) is 2.57. The fourth-order valence-corrected chi connectivity index (χ4v) is 2.10. The normalized spacial score (nSPS) is 10.4. The van der Waals surface area contributed by atoms with Gasteiger partial charge in [-0.15, -0.1) is 0 Å². The second kappa shape index (κ2) is 3.89. The van der Waals surface area contributed by atoms with Crippen molar-refractivity contribution in [2.24, 2.45) is 0 Å². The summed E-state index contributed by atoms with van der Waals surface area (Å²) < 4.78 is 0. The summed E-state index contributed by atoms with van der Waals surface area (Å²) in [5.74, 6) is 0. The van der Waals surface area contributed by atoms with Gasteiger partial charge >= 0.3 is 0 Å². The van der Waals surface area contributed by atoms with Crippen LogP contribution in [0.25, 0.3) is 11.1 Å². The third kappa shape index (κ3) is 1.87. The molecule has 16 heavy (non-hydrogen) atoms. The Morgan fingerprint density at radius 3 is 1.75 bits per heavy atom. The lowest BCUT2D eigenvalue weighted by molar-refractivity contribution is 1.38. The lowest BCUT2D eigenvalue weighted by atomic mass is 9.95. The maximum Gasteiger partial charge on any atom is 0.0319 e. The zero-order chi connectivity index (χ0) is 11.7. The van der Waals surface area contributed by atoms with E-state index in [9.17, 15) is 0 Å². The first-order valence-electron chi connectivity index (χ1n) is 5.30. The number of rotatable bonds is 1. The summed E-state index contributed by atoms with van der Waals surface area (Å²) in [7, 11) is 0. The van der Waals surface area contributed by atoms with Crippen molar-refractivity contribution < 1.29 is 0 Å². The lowest BCUT2D eigenvalue weighted by Gasteiger charge is -2.11. The molecule has 2 rings (SSSR count). The predicted molar refractivity (Wildman–Crippen MR) is 70.2 cm³/mol. The quantitative estimate of drug-likeness (QED) is 0.713. The first-order chi connectivity index (χ1) is 7.58. The molecule has 0 atom stereocenters. The molecule has 0 radical (unpaired) electrons. The van der Waals surface area contributed by atoms with E-state index in [1.54, 1.807) is 0 Å². The Balaban J connectivity index is 2.60. The van der Waals surface area contributed by atoms with E-state index >= 15 is 0 Å². The molecular weight excluding hydrogens is 196 g/mol. The Labute approximate surface area is 95.9 Å². The lowest BCUT2D eigenvalue weighted by Crippen LogP contribution is -1.93. The van der Waals surface area contributed by atoms with Crippen LogP contribution in [0.2, 0.25) is 0 Å². The van der Waals surface area contributed by atoms with Gasteiger partial charge in [-0.25, -0.2) is 0 Å². The molecule has 0 bridgehead atoms. The van der Waals surface area contributed by atoms with Crippen molar-refractivity contribution >= 4 is 11.4 Å². The number of aryl methyl sites for hydroxylation is 2. The minimum atomic E-state index is 0.787. The van der Waals surface area contributed by atoms with Crippen LogP contribution in [0.1, 0.15) is 11.1 Å². The van der Waals surface area contributed by atoms with Gasteiger partial charge in [0, 0.05) is 11.4 Å². The average molecular weight is 212 g/mol. The summed E-state index contributed by atoms with van der Waals surface area (Å²) in [5.41, 5.74) is 17.9. The molecule has 0 saturated heterocycles. The van der Waals surface area contributed by atoms with E-state index in [-0.39, 0.29) is 0 Å². The SMILES string of the molecule is Cc1cc(N)cc(C)c1-c1ccc(N)cc1. The van der Waals surface area contributed by atoms with Crippen molar-refractivity contribution in [3.05, 3.63) is 47.5 Å². The molecule has 2 aromatic rings. The number of benzene rings is 2. The van der Waals surface area contributed by atoms with E-state index in [0.29, 0.717) is 0 Å². The van der Waals surface area contributed by atoms with Crippen LogP contribution < -0.4 is 11.5 Å². The summed E-state index contributed by atoms with van der Waals surface area (Å²) in [5, 5.41) is 0. The molecule has 0 aliphatic rings. The Bertz CT molecular complexity index is 490. The molecule has 0 amide bonds. The first-order valence-corrected chi connectivity index (χ1v) is 5.30. The highest BCUT2D eigenvalue weighted by molar-refractivity contribution is 5.74. The summed E-state index contributed by atoms with van der Waals surface area (Å²) >= 11 is 0. The molecule has 2 heteroatoms. The summed E-state index contributed by atoms with van der Waals surface area (Å²) in [6, 6.07) is 11.9. The predicted octanol–water partition coefficient (Wildman–Crippen LogP) is 3.13. The van der Waals surface area contributed by atoms with Gasteiger partial charge in [-0.05, 0) is 60.4 Å². The first kappa shape index (κ1) is 10.6. The Morgan fingerprint density at radius 2 is 1.25 bits per heavy atom. The van der Waals surface area contributed by atoms with Gasteiger partial charge in [0.05, 0.1) is 0 Å². The Morgan fingerprint density at radius 1 is 0.750 bits per heavy atom. The maximum atomic E-state index is 5.81. The van der Waals surface area contributed by atoms with Crippen molar-refractivity contribution in [2.75, 3.05) is 11.5 Å². The number of nitrogens with two attached hydrogens (primary N) is 2. The largest absolute Gasteiger partial charge is 0.399 e. The van der Waals surface area contributed by atoms with Gasteiger partial charge in [-0.3, -0.25) is 0 Å². The summed E-state index contributed by atoms with van der Waals surface area (Å²) in [6.07, 6.45) is 0. The van der Waals surface area contributed by atoms with Gasteiger partial charge in [0.2, 0.25) is 0 Å². The van der Waals surface area contributed by atoms with Crippen molar-refractivity contribution in [3.63, 3.8) is 0 Å². The molecule has 2 aromatic carbocycles. The number of hydrogen-bond donors (Lipinski definition) is 2. The third-order valence-electron chi connectivity index (χ3n) is 2.75. The van der Waals surface area contributed by atoms with E-state index in [2.05, 4.69) is 13.8 Å². The fourth-order valence-electron chi connectivity index (χ4n) is 2.10. The molecule has 0 saturated carbocycles. The molecule has 0 unspecified atom stereocenters. The highest BCUT2D eigenvalue weighted by Crippen LogP contribution is 2.29. The topological polar surface area (TPSA) is 52.0 Å². The molecule has 82 valence electrons. The van der Waals surface area contributed by atoms with Crippen molar-refractivity contribution in [2.45, 2.75) is 13.8 Å². The van der Waals surface area contributed by atoms with Crippen LogP contribution in [0.5, 0.6) is 0 Å². The van der Waals surface area contributed by atoms with Gasteiger partial charge in [-0.1, -0.05) is 12.1 Å². The van der Waals surface area contributed by atoms with E-state index in [4.69, 9.17) is 11.5 Å². The minimum absolute atomic E-state index is 0.787. The zero-order valence-electron chi connectivity index (χ0n) is 9.62. The fraction of sp³-hybridized carbons (Fsp3) is 0.143. The number of anilines is 2. The zero-order valence-corrected chi connectivity index (χ0v) is 9.62. The van der Waals surface area contributed by atoms with Crippen molar-refractivity contribution in [3.8, 4) is 11.1 Å². The minimum Gasteiger partial charge on any atom is -0.399 e. The van der Waals surface area contributed by atoms with E-state index < -0.39 is 0 Å². The second-order valence-corrected chi connectivity index (χ2v) is 4.15. The third-order valence-corrected chi connectivity index (χ3v) is 2.75. The van der Waals surface area contributed by atoms with E-state index in [0.717, 1.165) is 11.4 Å². The molecular formula is C14H16N2. The standard InChI is InChI=1S/C14H16N2/c1-9-7-13(16)8-10(2)14(9)11-3-5-12(15)6-4-11/h3-8H,15-16H2,1-2H3. The molecule has 0 aromatic heterocycles. The average Bonchev–Trinajstić information content (AvgIpc) is 2.19. The second-order valence-electron chi connectivity index (χ2n) is 4.15. The number of hydrogen-bond acceptors (Lipinski definition) is 2. The Hall–Kier alpha value is -1.96. The molecule has 4 N–H and O–H groups in total. The highest BCUT2D eigenvalue weighted by atomic mass is 14.5. The maximum absolute atomic E-state index is 5.81. The monoisotopic (exact) mass is 212 g/mol. The highest BCUT2D eigenvalue weighted by Gasteiger charge is 2.06. The summed E-state index contributed by atoms with van der Waals surface area (Å²) in [4.78, 5) is 0.